The average Bonchev–Trinajstić information content (AvgIpc) is 3.21. The van der Waals surface area contributed by atoms with E-state index in [0.29, 0.717) is 24.7 Å². The Kier molecular flexibility index (Phi) is 5.25. The first-order valence-electron chi connectivity index (χ1n) is 8.22. The van der Waals surface area contributed by atoms with Crippen molar-refractivity contribution in [3.63, 3.8) is 0 Å². The van der Waals surface area contributed by atoms with E-state index >= 15 is 0 Å². The molecule has 2 aliphatic rings. The lowest BCUT2D eigenvalue weighted by Gasteiger charge is -2.41. The Morgan fingerprint density at radius 2 is 1.76 bits per heavy atom. The molecule has 2 amide bonds. The molecule has 2 rings (SSSR count). The number of carbonyl (C=O) groups is 2. The zero-order valence-corrected chi connectivity index (χ0v) is 13.8. The number of likely N-dealkylation sites (tertiary alicyclic amines) is 1. The summed E-state index contributed by atoms with van der Waals surface area (Å²) in [5, 5.41) is 2.97. The highest BCUT2D eigenvalue weighted by molar-refractivity contribution is 5.84. The molecular formula is C16H29N3O2. The average molecular weight is 295 g/mol. The minimum Gasteiger partial charge on any atom is -0.352 e. The van der Waals surface area contributed by atoms with E-state index in [-0.39, 0.29) is 17.9 Å². The number of hydrogen-bond donors (Lipinski definition) is 1. The summed E-state index contributed by atoms with van der Waals surface area (Å²) in [6, 6.07) is 0.729. The molecule has 3 atom stereocenters. The van der Waals surface area contributed by atoms with Crippen LogP contribution >= 0.6 is 0 Å². The van der Waals surface area contributed by atoms with Gasteiger partial charge in [0, 0.05) is 18.1 Å². The molecule has 3 unspecified atom stereocenters. The molecule has 5 heteroatoms. The van der Waals surface area contributed by atoms with E-state index in [1.54, 1.807) is 0 Å². The Labute approximate surface area is 128 Å². The van der Waals surface area contributed by atoms with Crippen LogP contribution in [-0.4, -0.2) is 59.4 Å². The molecule has 1 heterocycles. The van der Waals surface area contributed by atoms with Crippen LogP contribution in [0, 0.1) is 0 Å². The smallest absolute Gasteiger partial charge is 0.240 e. The van der Waals surface area contributed by atoms with Gasteiger partial charge in [-0.1, -0.05) is 0 Å². The molecule has 2 fully saturated rings. The second-order valence-electron chi connectivity index (χ2n) is 6.81. The molecular weight excluding hydrogens is 266 g/mol. The number of nitrogens with one attached hydrogen (secondary N) is 1. The summed E-state index contributed by atoms with van der Waals surface area (Å²) in [7, 11) is 1.86. The van der Waals surface area contributed by atoms with Gasteiger partial charge in [-0.05, 0) is 59.9 Å². The lowest BCUT2D eigenvalue weighted by molar-refractivity contribution is -0.142. The summed E-state index contributed by atoms with van der Waals surface area (Å²) in [5.41, 5.74) is 0. The van der Waals surface area contributed by atoms with Crippen molar-refractivity contribution in [2.45, 2.75) is 77.0 Å². The van der Waals surface area contributed by atoms with E-state index in [1.165, 1.54) is 6.42 Å². The standard InChI is InChI=1S/C16H29N3O2/c1-11-6-5-7-12(2)19(11)16(21)13(3)18(4)10-15(20)17-14-8-9-14/h11-14H,5-10H2,1-4H3,(H,17,20). The molecule has 1 saturated heterocycles. The van der Waals surface area contributed by atoms with E-state index in [9.17, 15) is 9.59 Å². The minimum atomic E-state index is -0.252. The van der Waals surface area contributed by atoms with Gasteiger partial charge in [0.1, 0.15) is 0 Å². The molecule has 0 radical (unpaired) electrons. The van der Waals surface area contributed by atoms with Crippen molar-refractivity contribution >= 4 is 11.8 Å². The molecule has 1 aliphatic heterocycles. The molecule has 21 heavy (non-hydrogen) atoms. The lowest BCUT2D eigenvalue weighted by Crippen LogP contribution is -2.55. The summed E-state index contributed by atoms with van der Waals surface area (Å²) in [6.07, 6.45) is 5.53. The normalized spacial score (nSPS) is 27.6. The van der Waals surface area contributed by atoms with Crippen LogP contribution in [0.1, 0.15) is 52.9 Å². The molecule has 120 valence electrons. The van der Waals surface area contributed by atoms with Crippen molar-refractivity contribution in [2.75, 3.05) is 13.6 Å². The van der Waals surface area contributed by atoms with Crippen LogP contribution in [0.2, 0.25) is 0 Å². The number of piperidine rings is 1. The maximum Gasteiger partial charge on any atom is 0.240 e. The number of rotatable bonds is 5. The van der Waals surface area contributed by atoms with E-state index in [2.05, 4.69) is 19.2 Å². The zero-order valence-electron chi connectivity index (χ0n) is 13.8. The third-order valence-electron chi connectivity index (χ3n) is 4.80. The van der Waals surface area contributed by atoms with Gasteiger partial charge in [-0.3, -0.25) is 14.5 Å². The molecule has 0 aromatic heterocycles. The van der Waals surface area contributed by atoms with Crippen LogP contribution in [-0.2, 0) is 9.59 Å². The van der Waals surface area contributed by atoms with Crippen LogP contribution < -0.4 is 5.32 Å². The third-order valence-corrected chi connectivity index (χ3v) is 4.80. The first-order valence-corrected chi connectivity index (χ1v) is 8.22. The quantitative estimate of drug-likeness (QED) is 0.833. The largest absolute Gasteiger partial charge is 0.352 e. The number of hydrogen-bond acceptors (Lipinski definition) is 3. The molecule has 0 spiro atoms. The monoisotopic (exact) mass is 295 g/mol. The number of likely N-dealkylation sites (N-methyl/N-ethyl adjacent to an activating group) is 1. The molecule has 1 saturated carbocycles. The Hall–Kier alpha value is -1.10. The maximum absolute atomic E-state index is 12.7. The second-order valence-corrected chi connectivity index (χ2v) is 6.81. The van der Waals surface area contributed by atoms with Gasteiger partial charge in [0.05, 0.1) is 12.6 Å². The predicted molar refractivity (Wildman–Crippen MR) is 82.9 cm³/mol. The Morgan fingerprint density at radius 3 is 2.29 bits per heavy atom. The number of amides is 2. The Morgan fingerprint density at radius 1 is 1.19 bits per heavy atom. The van der Waals surface area contributed by atoms with Crippen LogP contribution in [0.3, 0.4) is 0 Å². The SMILES string of the molecule is CC(C(=O)N1C(C)CCCC1C)N(C)CC(=O)NC1CC1. The lowest BCUT2D eigenvalue weighted by atomic mass is 9.96. The number of carbonyl (C=O) groups excluding carboxylic acids is 2. The summed E-state index contributed by atoms with van der Waals surface area (Å²) in [5.74, 6) is 0.177. The fourth-order valence-corrected chi connectivity index (χ4v) is 3.12. The minimum absolute atomic E-state index is 0.0272. The van der Waals surface area contributed by atoms with Gasteiger partial charge in [0.25, 0.3) is 0 Å². The van der Waals surface area contributed by atoms with Gasteiger partial charge in [0.15, 0.2) is 0 Å². The highest BCUT2D eigenvalue weighted by Gasteiger charge is 2.33. The predicted octanol–water partition coefficient (Wildman–Crippen LogP) is 1.37. The third kappa shape index (κ3) is 4.19. The van der Waals surface area contributed by atoms with Crippen molar-refractivity contribution in [3.05, 3.63) is 0 Å². The van der Waals surface area contributed by atoms with Crippen molar-refractivity contribution in [1.29, 1.82) is 0 Å². The van der Waals surface area contributed by atoms with Gasteiger partial charge in [0.2, 0.25) is 11.8 Å². The van der Waals surface area contributed by atoms with Gasteiger partial charge >= 0.3 is 0 Å². The molecule has 0 aromatic rings. The second kappa shape index (κ2) is 6.77. The van der Waals surface area contributed by atoms with Gasteiger partial charge in [-0.2, -0.15) is 0 Å². The van der Waals surface area contributed by atoms with E-state index in [1.807, 2.05) is 23.8 Å². The molecule has 5 nitrogen and oxygen atoms in total. The first kappa shape index (κ1) is 16.3. The van der Waals surface area contributed by atoms with Gasteiger partial charge < -0.3 is 10.2 Å². The highest BCUT2D eigenvalue weighted by atomic mass is 16.2. The van der Waals surface area contributed by atoms with E-state index in [4.69, 9.17) is 0 Å². The number of nitrogens with zero attached hydrogens (tertiary/aromatic N) is 2. The van der Waals surface area contributed by atoms with Crippen LogP contribution in [0.15, 0.2) is 0 Å². The van der Waals surface area contributed by atoms with Crippen molar-refractivity contribution in [3.8, 4) is 0 Å². The van der Waals surface area contributed by atoms with Crippen LogP contribution in [0.5, 0.6) is 0 Å². The highest BCUT2D eigenvalue weighted by Crippen LogP contribution is 2.24. The van der Waals surface area contributed by atoms with Gasteiger partial charge in [-0.25, -0.2) is 0 Å². The Balaban J connectivity index is 1.88. The van der Waals surface area contributed by atoms with Crippen molar-refractivity contribution in [2.24, 2.45) is 0 Å². The Bertz CT molecular complexity index is 385. The summed E-state index contributed by atoms with van der Waals surface area (Å²) in [4.78, 5) is 28.5. The molecule has 1 aliphatic carbocycles. The first-order chi connectivity index (χ1) is 9.90. The zero-order chi connectivity index (χ0) is 15.6. The van der Waals surface area contributed by atoms with Gasteiger partial charge in [-0.15, -0.1) is 0 Å². The topological polar surface area (TPSA) is 52.7 Å². The fourth-order valence-electron chi connectivity index (χ4n) is 3.12. The van der Waals surface area contributed by atoms with Crippen LogP contribution in [0.4, 0.5) is 0 Å². The van der Waals surface area contributed by atoms with E-state index in [0.717, 1.165) is 25.7 Å². The molecule has 0 aromatic carbocycles. The summed E-state index contributed by atoms with van der Waals surface area (Å²) < 4.78 is 0. The van der Waals surface area contributed by atoms with E-state index < -0.39 is 0 Å². The fraction of sp³-hybridized carbons (Fsp3) is 0.875. The maximum atomic E-state index is 12.7. The van der Waals surface area contributed by atoms with Crippen molar-refractivity contribution < 1.29 is 9.59 Å². The summed E-state index contributed by atoms with van der Waals surface area (Å²) in [6.45, 7) is 6.45. The summed E-state index contributed by atoms with van der Waals surface area (Å²) >= 11 is 0. The molecule has 0 bridgehead atoms. The van der Waals surface area contributed by atoms with Crippen LogP contribution in [0.25, 0.3) is 0 Å². The van der Waals surface area contributed by atoms with Crippen molar-refractivity contribution in [1.82, 2.24) is 15.1 Å². The molecule has 1 N–H and O–H groups in total.